The van der Waals surface area contributed by atoms with Gasteiger partial charge in [0.1, 0.15) is 18.1 Å². The van der Waals surface area contributed by atoms with E-state index in [1.807, 2.05) is 74.5 Å². The molecule has 0 unspecified atom stereocenters. The van der Waals surface area contributed by atoms with E-state index in [9.17, 15) is 33.6 Å². The molecule has 5 atom stereocenters. The van der Waals surface area contributed by atoms with Crippen LogP contribution in [0.2, 0.25) is 0 Å². The number of nitrogens with zero attached hydrogens (tertiary/aromatic N) is 1. The largest absolute Gasteiger partial charge is 0.384 e. The summed E-state index contributed by atoms with van der Waals surface area (Å²) in [6.07, 6.45) is 2.56. The van der Waals surface area contributed by atoms with Crippen LogP contribution in [-0.2, 0) is 36.8 Å². The molecule has 0 radical (unpaired) electrons. The molecule has 1 heterocycles. The van der Waals surface area contributed by atoms with Crippen LogP contribution in [0, 0.1) is 5.92 Å². The molecule has 2 aliphatic rings. The summed E-state index contributed by atoms with van der Waals surface area (Å²) >= 11 is 0. The van der Waals surface area contributed by atoms with E-state index < -0.39 is 54.3 Å². The highest BCUT2D eigenvalue weighted by molar-refractivity contribution is 6.30. The number of hydrogen-bond acceptors (Lipinski definition) is 9. The lowest BCUT2D eigenvalue weighted by Crippen LogP contribution is -2.57. The number of rotatable bonds is 19. The highest BCUT2D eigenvalue weighted by Gasteiger charge is 2.38. The Labute approximate surface area is 361 Å². The molecule has 4 aromatic rings. The molecule has 1 aliphatic heterocycles. The predicted molar refractivity (Wildman–Crippen MR) is 235 cm³/mol. The molecule has 1 aliphatic carbocycles. The van der Waals surface area contributed by atoms with Crippen molar-refractivity contribution in [3.63, 3.8) is 0 Å². The third-order valence-electron chi connectivity index (χ3n) is 11.5. The minimum Gasteiger partial charge on any atom is -0.384 e. The lowest BCUT2D eigenvalue weighted by Gasteiger charge is -2.29. The van der Waals surface area contributed by atoms with Crippen LogP contribution in [0.3, 0.4) is 0 Å². The number of nitrogens with two attached hydrogens (primary N) is 1. The molecule has 14 heteroatoms. The van der Waals surface area contributed by atoms with Crippen molar-refractivity contribution in [1.29, 1.82) is 0 Å². The van der Waals surface area contributed by atoms with Crippen LogP contribution in [0.5, 0.6) is 0 Å². The van der Waals surface area contributed by atoms with Crippen LogP contribution >= 0.6 is 0 Å². The predicted octanol–water partition coefficient (Wildman–Crippen LogP) is 3.32. The fourth-order valence-corrected chi connectivity index (χ4v) is 7.93. The second kappa shape index (κ2) is 21.2. The number of hydrogen-bond donors (Lipinski definition) is 6. The van der Waals surface area contributed by atoms with Crippen molar-refractivity contribution < 1.29 is 33.6 Å². The zero-order chi connectivity index (χ0) is 44.2. The maximum atomic E-state index is 14.2. The first-order valence-electron chi connectivity index (χ1n) is 21.3. The Bertz CT molecular complexity index is 2270. The molecule has 62 heavy (non-hydrogen) atoms. The molecule has 6 rings (SSSR count). The smallest absolute Gasteiger partial charge is 0.246 e. The lowest BCUT2D eigenvalue weighted by atomic mass is 9.83. The van der Waals surface area contributed by atoms with Crippen LogP contribution in [0.4, 0.5) is 5.69 Å². The molecule has 4 aromatic carbocycles. The van der Waals surface area contributed by atoms with E-state index in [1.165, 1.54) is 4.90 Å². The minimum absolute atomic E-state index is 0.156. The highest BCUT2D eigenvalue weighted by Crippen LogP contribution is 2.32. The summed E-state index contributed by atoms with van der Waals surface area (Å²) in [6, 6.07) is 26.8. The Morgan fingerprint density at radius 1 is 0.726 bits per heavy atom. The standard InChI is InChI=1S/C48H55N7O7/c1-3-30(2)42(54-45(59)36(49)27-31-15-6-4-7-16-31)47(61)52-29-40(56)53-38(28-32-17-8-5-9-18-32)48(62)55-26-13-23-39(55)46(60)51-25-14-24-50-37-22-12-21-35-41(37)44(58)34-20-11-10-19-33(34)43(35)57/h4-12,15-22,30,36,38-39,42,50H,3,13-14,23-29,49H2,1-2H3,(H,51,60)(H,52,61)(H,53,56)(H,54,59)/t30-,36-,38-,39-,42-/m0/s1. The molecule has 7 N–H and O–H groups in total. The first-order valence-corrected chi connectivity index (χ1v) is 21.3. The number of carbonyl (C=O) groups is 7. The topological polar surface area (TPSA) is 209 Å². The van der Waals surface area contributed by atoms with Crippen molar-refractivity contribution in [2.45, 2.75) is 76.5 Å². The highest BCUT2D eigenvalue weighted by atomic mass is 16.2. The van der Waals surface area contributed by atoms with Gasteiger partial charge in [-0.2, -0.15) is 0 Å². The summed E-state index contributed by atoms with van der Waals surface area (Å²) in [5.41, 5.74) is 9.85. The van der Waals surface area contributed by atoms with E-state index in [0.717, 1.165) is 11.1 Å². The number of likely N-dealkylation sites (tertiary alicyclic amines) is 1. The third kappa shape index (κ3) is 11.0. The van der Waals surface area contributed by atoms with Crippen molar-refractivity contribution in [3.05, 3.63) is 137 Å². The molecule has 14 nitrogen and oxygen atoms in total. The van der Waals surface area contributed by atoms with Crippen molar-refractivity contribution in [1.82, 2.24) is 26.2 Å². The zero-order valence-corrected chi connectivity index (χ0v) is 35.2. The number of nitrogens with one attached hydrogen (secondary N) is 5. The maximum absolute atomic E-state index is 14.2. The number of anilines is 1. The molecule has 324 valence electrons. The van der Waals surface area contributed by atoms with Crippen molar-refractivity contribution >= 4 is 46.8 Å². The van der Waals surface area contributed by atoms with E-state index in [2.05, 4.69) is 26.6 Å². The Kier molecular flexibility index (Phi) is 15.4. The van der Waals surface area contributed by atoms with Crippen molar-refractivity contribution in [2.24, 2.45) is 11.7 Å². The van der Waals surface area contributed by atoms with E-state index >= 15 is 0 Å². The molecule has 0 bridgehead atoms. The number of amides is 5. The van der Waals surface area contributed by atoms with Gasteiger partial charge in [0.2, 0.25) is 29.5 Å². The maximum Gasteiger partial charge on any atom is 0.246 e. The van der Waals surface area contributed by atoms with Gasteiger partial charge in [-0.25, -0.2) is 0 Å². The average Bonchev–Trinajstić information content (AvgIpc) is 3.79. The summed E-state index contributed by atoms with van der Waals surface area (Å²) in [4.78, 5) is 95.6. The van der Waals surface area contributed by atoms with Crippen molar-refractivity contribution in [2.75, 3.05) is 31.5 Å². The first-order chi connectivity index (χ1) is 30.0. The molecular formula is C48H55N7O7. The minimum atomic E-state index is -1.03. The fourth-order valence-electron chi connectivity index (χ4n) is 7.93. The van der Waals surface area contributed by atoms with E-state index in [4.69, 9.17) is 5.73 Å². The van der Waals surface area contributed by atoms with E-state index in [1.54, 1.807) is 42.5 Å². The Morgan fingerprint density at radius 2 is 1.35 bits per heavy atom. The average molecular weight is 842 g/mol. The summed E-state index contributed by atoms with van der Waals surface area (Å²) in [5, 5.41) is 14.4. The van der Waals surface area contributed by atoms with Gasteiger partial charge in [0, 0.05) is 48.4 Å². The van der Waals surface area contributed by atoms with Gasteiger partial charge in [0.15, 0.2) is 11.6 Å². The molecule has 0 aromatic heterocycles. The monoisotopic (exact) mass is 841 g/mol. The number of carbonyl (C=O) groups excluding carboxylic acids is 7. The van der Waals surface area contributed by atoms with Crippen molar-refractivity contribution in [3.8, 4) is 0 Å². The van der Waals surface area contributed by atoms with E-state index in [0.29, 0.717) is 73.1 Å². The summed E-state index contributed by atoms with van der Waals surface area (Å²) in [5.74, 6) is -3.06. The second-order valence-corrected chi connectivity index (χ2v) is 15.9. The van der Waals surface area contributed by atoms with Crippen LogP contribution in [-0.4, -0.2) is 96.3 Å². The Morgan fingerprint density at radius 3 is 2.03 bits per heavy atom. The van der Waals surface area contributed by atoms with Gasteiger partial charge in [-0.05, 0) is 48.8 Å². The summed E-state index contributed by atoms with van der Waals surface area (Å²) < 4.78 is 0. The second-order valence-electron chi connectivity index (χ2n) is 15.9. The van der Waals surface area contributed by atoms with Gasteiger partial charge in [-0.1, -0.05) is 117 Å². The van der Waals surface area contributed by atoms with Crippen LogP contribution in [0.25, 0.3) is 0 Å². The molecule has 0 spiro atoms. The van der Waals surface area contributed by atoms with Crippen LogP contribution < -0.4 is 32.3 Å². The summed E-state index contributed by atoms with van der Waals surface area (Å²) in [7, 11) is 0. The summed E-state index contributed by atoms with van der Waals surface area (Å²) in [6.45, 7) is 4.29. The molecule has 1 saturated heterocycles. The quantitative estimate of drug-likeness (QED) is 0.0674. The normalized spacial score (nSPS) is 16.2. The Hall–Kier alpha value is -6.67. The molecular weight excluding hydrogens is 787 g/mol. The molecule has 1 fully saturated rings. The SMILES string of the molecule is CC[C@H](C)[C@H](NC(=O)[C@@H](N)Cc1ccccc1)C(=O)NCC(=O)N[C@@H](Cc1ccccc1)C(=O)N1CCC[C@H]1C(=O)NCCCNc1cccc2c1C(=O)c1ccccc1C2=O. The van der Waals surface area contributed by atoms with Gasteiger partial charge >= 0.3 is 0 Å². The Balaban J connectivity index is 1.02. The number of ketones is 2. The number of benzene rings is 4. The fraction of sp³-hybridized carbons (Fsp3) is 0.354. The van der Waals surface area contributed by atoms with Gasteiger partial charge in [0.25, 0.3) is 0 Å². The lowest BCUT2D eigenvalue weighted by molar-refractivity contribution is -0.141. The number of fused-ring (bicyclic) bond motifs is 2. The molecule has 0 saturated carbocycles. The van der Waals surface area contributed by atoms with E-state index in [-0.39, 0.29) is 36.4 Å². The van der Waals surface area contributed by atoms with Crippen LogP contribution in [0.15, 0.2) is 103 Å². The van der Waals surface area contributed by atoms with Gasteiger partial charge < -0.3 is 37.2 Å². The van der Waals surface area contributed by atoms with Gasteiger partial charge in [0.05, 0.1) is 18.2 Å². The first kappa shape index (κ1) is 44.9. The van der Waals surface area contributed by atoms with Gasteiger partial charge in [-0.15, -0.1) is 0 Å². The van der Waals surface area contributed by atoms with Gasteiger partial charge in [-0.3, -0.25) is 33.6 Å². The molecule has 5 amide bonds. The third-order valence-corrected chi connectivity index (χ3v) is 11.5. The van der Waals surface area contributed by atoms with Crippen LogP contribution in [0.1, 0.15) is 82.5 Å². The zero-order valence-electron chi connectivity index (χ0n) is 35.2.